The summed E-state index contributed by atoms with van der Waals surface area (Å²) in [5.41, 5.74) is -0.878. The second-order valence-electron chi connectivity index (χ2n) is 5.56. The molecule has 0 aromatic rings. The molecule has 2 N–H and O–H groups in total. The molecular weight excluding hydrogens is 234 g/mol. The maximum Gasteiger partial charge on any atom is 0.0757 e. The van der Waals surface area contributed by atoms with E-state index < -0.39 is 5.60 Å². The Morgan fingerprint density at radius 3 is 2.41 bits per heavy atom. The van der Waals surface area contributed by atoms with Gasteiger partial charge in [0.05, 0.1) is 12.2 Å². The van der Waals surface area contributed by atoms with Crippen molar-refractivity contribution >= 4 is 11.8 Å². The molecule has 2 heterocycles. The molecule has 0 saturated carbocycles. The quantitative estimate of drug-likeness (QED) is 0.803. The van der Waals surface area contributed by atoms with Gasteiger partial charge in [0.1, 0.15) is 0 Å². The smallest absolute Gasteiger partial charge is 0.0757 e. The minimum atomic E-state index is -0.638. The van der Waals surface area contributed by atoms with Crippen LogP contribution in [0, 0.1) is 5.41 Å². The van der Waals surface area contributed by atoms with Crippen molar-refractivity contribution in [3.63, 3.8) is 0 Å². The second-order valence-corrected chi connectivity index (χ2v) is 6.67. The van der Waals surface area contributed by atoms with Crippen molar-refractivity contribution in [2.75, 3.05) is 37.7 Å². The van der Waals surface area contributed by atoms with Crippen LogP contribution in [0.4, 0.5) is 0 Å². The van der Waals surface area contributed by atoms with Crippen LogP contribution in [-0.4, -0.2) is 58.5 Å². The summed E-state index contributed by atoms with van der Waals surface area (Å²) in [6, 6.07) is 0. The van der Waals surface area contributed by atoms with E-state index in [1.807, 2.05) is 11.8 Å². The van der Waals surface area contributed by atoms with E-state index in [2.05, 4.69) is 11.8 Å². The number of aliphatic hydroxyl groups excluding tert-OH is 1. The van der Waals surface area contributed by atoms with Crippen molar-refractivity contribution in [2.45, 2.75) is 38.2 Å². The number of aliphatic hydroxyl groups is 2. The van der Waals surface area contributed by atoms with Crippen LogP contribution in [0.3, 0.4) is 0 Å². The highest BCUT2D eigenvalue weighted by Crippen LogP contribution is 2.47. The third kappa shape index (κ3) is 2.50. The molecule has 3 nitrogen and oxygen atoms in total. The summed E-state index contributed by atoms with van der Waals surface area (Å²) in [5.74, 6) is 2.10. The summed E-state index contributed by atoms with van der Waals surface area (Å²) in [4.78, 5) is 2.38. The first kappa shape index (κ1) is 13.7. The number of rotatable bonds is 3. The number of hydrogen-bond donors (Lipinski definition) is 2. The van der Waals surface area contributed by atoms with E-state index in [0.717, 1.165) is 51.1 Å². The summed E-state index contributed by atoms with van der Waals surface area (Å²) in [6.07, 6.45) is 3.76. The van der Waals surface area contributed by atoms with Gasteiger partial charge in [0.15, 0.2) is 0 Å². The molecule has 0 aromatic heterocycles. The lowest BCUT2D eigenvalue weighted by atomic mass is 9.66. The largest absolute Gasteiger partial charge is 0.396 e. The highest BCUT2D eigenvalue weighted by atomic mass is 32.2. The van der Waals surface area contributed by atoms with Crippen molar-refractivity contribution < 1.29 is 10.2 Å². The molecule has 2 aliphatic rings. The molecule has 2 rings (SSSR count). The predicted octanol–water partition coefficient (Wildman–Crippen LogP) is 1.34. The molecule has 0 spiro atoms. The molecule has 0 aromatic carbocycles. The Bertz CT molecular complexity index is 246. The number of thioether (sulfide) groups is 1. The standard InChI is InChI=1S/C13H25NO2S/c1-2-14-7-5-13(16,6-8-14)12(10-15)4-3-9-17-11-12/h15-16H,2-11H2,1H3. The van der Waals surface area contributed by atoms with Crippen LogP contribution in [0.5, 0.6) is 0 Å². The monoisotopic (exact) mass is 259 g/mol. The van der Waals surface area contributed by atoms with Crippen molar-refractivity contribution in [2.24, 2.45) is 5.41 Å². The minimum absolute atomic E-state index is 0.141. The molecule has 0 radical (unpaired) electrons. The topological polar surface area (TPSA) is 43.7 Å². The molecule has 17 heavy (non-hydrogen) atoms. The van der Waals surface area contributed by atoms with Crippen molar-refractivity contribution in [3.8, 4) is 0 Å². The van der Waals surface area contributed by atoms with Gasteiger partial charge in [-0.2, -0.15) is 11.8 Å². The van der Waals surface area contributed by atoms with E-state index in [1.54, 1.807) is 0 Å². The first-order valence-electron chi connectivity index (χ1n) is 6.79. The SMILES string of the molecule is CCN1CCC(O)(C2(CO)CCCSC2)CC1. The Balaban J connectivity index is 2.08. The van der Waals surface area contributed by atoms with Gasteiger partial charge >= 0.3 is 0 Å². The highest BCUT2D eigenvalue weighted by molar-refractivity contribution is 7.99. The fraction of sp³-hybridized carbons (Fsp3) is 1.00. The first-order chi connectivity index (χ1) is 8.16. The molecule has 0 bridgehead atoms. The highest BCUT2D eigenvalue weighted by Gasteiger charge is 2.51. The molecule has 4 heteroatoms. The lowest BCUT2D eigenvalue weighted by Crippen LogP contribution is -2.58. The van der Waals surface area contributed by atoms with E-state index in [-0.39, 0.29) is 12.0 Å². The number of piperidine rings is 1. The second kappa shape index (κ2) is 5.47. The Labute approximate surface area is 109 Å². The van der Waals surface area contributed by atoms with Gasteiger partial charge in [-0.3, -0.25) is 0 Å². The van der Waals surface area contributed by atoms with E-state index in [1.165, 1.54) is 5.75 Å². The normalized spacial score (nSPS) is 34.8. The van der Waals surface area contributed by atoms with Gasteiger partial charge in [-0.05, 0) is 38.0 Å². The van der Waals surface area contributed by atoms with Crippen LogP contribution < -0.4 is 0 Å². The molecule has 1 unspecified atom stereocenters. The molecule has 0 amide bonds. The first-order valence-corrected chi connectivity index (χ1v) is 7.95. The van der Waals surface area contributed by atoms with Crippen LogP contribution in [-0.2, 0) is 0 Å². The van der Waals surface area contributed by atoms with E-state index >= 15 is 0 Å². The van der Waals surface area contributed by atoms with Crippen LogP contribution in [0.15, 0.2) is 0 Å². The summed E-state index contributed by atoms with van der Waals surface area (Å²) in [6.45, 7) is 5.32. The summed E-state index contributed by atoms with van der Waals surface area (Å²) >= 11 is 1.89. The number of likely N-dealkylation sites (tertiary alicyclic amines) is 1. The van der Waals surface area contributed by atoms with Crippen molar-refractivity contribution in [3.05, 3.63) is 0 Å². The van der Waals surface area contributed by atoms with Gasteiger partial charge in [0, 0.05) is 24.3 Å². The molecule has 2 aliphatic heterocycles. The summed E-state index contributed by atoms with van der Waals surface area (Å²) in [5, 5.41) is 20.8. The van der Waals surface area contributed by atoms with Gasteiger partial charge in [0.25, 0.3) is 0 Å². The van der Waals surface area contributed by atoms with Gasteiger partial charge < -0.3 is 15.1 Å². The summed E-state index contributed by atoms with van der Waals surface area (Å²) in [7, 11) is 0. The number of nitrogens with zero attached hydrogens (tertiary/aromatic N) is 1. The zero-order chi connectivity index (χ0) is 12.4. The van der Waals surface area contributed by atoms with Gasteiger partial charge in [-0.15, -0.1) is 0 Å². The zero-order valence-electron chi connectivity index (χ0n) is 10.8. The average Bonchev–Trinajstić information content (AvgIpc) is 2.40. The van der Waals surface area contributed by atoms with E-state index in [9.17, 15) is 10.2 Å². The fourth-order valence-electron chi connectivity index (χ4n) is 3.26. The fourth-order valence-corrected chi connectivity index (χ4v) is 4.65. The lowest BCUT2D eigenvalue weighted by molar-refractivity contribution is -0.134. The van der Waals surface area contributed by atoms with Crippen molar-refractivity contribution in [1.82, 2.24) is 4.90 Å². The Morgan fingerprint density at radius 1 is 1.24 bits per heavy atom. The minimum Gasteiger partial charge on any atom is -0.396 e. The Morgan fingerprint density at radius 2 is 1.94 bits per heavy atom. The molecule has 2 saturated heterocycles. The van der Waals surface area contributed by atoms with Crippen LogP contribution in [0.25, 0.3) is 0 Å². The van der Waals surface area contributed by atoms with Gasteiger partial charge in [0.2, 0.25) is 0 Å². The van der Waals surface area contributed by atoms with Gasteiger partial charge in [-0.1, -0.05) is 6.92 Å². The van der Waals surface area contributed by atoms with Crippen molar-refractivity contribution in [1.29, 1.82) is 0 Å². The molecule has 100 valence electrons. The Kier molecular flexibility index (Phi) is 4.40. The maximum absolute atomic E-state index is 11.0. The molecule has 2 fully saturated rings. The predicted molar refractivity (Wildman–Crippen MR) is 72.4 cm³/mol. The Hall–Kier alpha value is 0.230. The summed E-state index contributed by atoms with van der Waals surface area (Å²) < 4.78 is 0. The zero-order valence-corrected chi connectivity index (χ0v) is 11.6. The van der Waals surface area contributed by atoms with E-state index in [0.29, 0.717) is 0 Å². The number of hydrogen-bond acceptors (Lipinski definition) is 4. The van der Waals surface area contributed by atoms with Crippen LogP contribution in [0.1, 0.15) is 32.6 Å². The van der Waals surface area contributed by atoms with Gasteiger partial charge in [-0.25, -0.2) is 0 Å². The molecular formula is C13H25NO2S. The lowest BCUT2D eigenvalue weighted by Gasteiger charge is -2.51. The van der Waals surface area contributed by atoms with Crippen LogP contribution in [0.2, 0.25) is 0 Å². The molecule has 0 aliphatic carbocycles. The average molecular weight is 259 g/mol. The van der Waals surface area contributed by atoms with Crippen LogP contribution >= 0.6 is 11.8 Å². The third-order valence-corrected chi connectivity index (χ3v) is 6.08. The third-order valence-electron chi connectivity index (χ3n) is 4.74. The van der Waals surface area contributed by atoms with E-state index in [4.69, 9.17) is 0 Å². The maximum atomic E-state index is 11.0. The molecule has 1 atom stereocenters.